The lowest BCUT2D eigenvalue weighted by molar-refractivity contribution is -0.123. The van der Waals surface area contributed by atoms with E-state index in [0.29, 0.717) is 28.8 Å². The molecule has 0 spiro atoms. The maximum atomic E-state index is 12.5. The first-order valence-electron chi connectivity index (χ1n) is 9.19. The first kappa shape index (κ1) is 20.9. The Kier molecular flexibility index (Phi) is 6.36. The summed E-state index contributed by atoms with van der Waals surface area (Å²) in [7, 11) is 3.02. The summed E-state index contributed by atoms with van der Waals surface area (Å²) >= 11 is 0. The Morgan fingerprint density at radius 1 is 1.03 bits per heavy atom. The maximum Gasteiger partial charge on any atom is 0.361 e. The number of methoxy groups -OCH3 is 2. The van der Waals surface area contributed by atoms with Crippen LogP contribution in [0.4, 0.5) is 5.69 Å². The van der Waals surface area contributed by atoms with Gasteiger partial charge in [-0.1, -0.05) is 18.2 Å². The Bertz CT molecular complexity index is 1050. The van der Waals surface area contributed by atoms with E-state index < -0.39 is 18.0 Å². The summed E-state index contributed by atoms with van der Waals surface area (Å²) in [4.78, 5) is 29.2. The van der Waals surface area contributed by atoms with Crippen molar-refractivity contribution in [2.75, 3.05) is 19.5 Å². The summed E-state index contributed by atoms with van der Waals surface area (Å²) in [5, 5.41) is 2.67. The predicted octanol–water partition coefficient (Wildman–Crippen LogP) is 3.85. The Labute approximate surface area is 173 Å². The third-order valence-corrected chi connectivity index (χ3v) is 4.31. The van der Waals surface area contributed by atoms with Crippen molar-refractivity contribution in [2.24, 2.45) is 0 Å². The summed E-state index contributed by atoms with van der Waals surface area (Å²) < 4.78 is 21.2. The average molecular weight is 410 g/mol. The molecule has 0 saturated carbocycles. The Morgan fingerprint density at radius 3 is 2.40 bits per heavy atom. The number of anilines is 1. The highest BCUT2D eigenvalue weighted by Gasteiger charge is 2.24. The molecular formula is C22H22N2O6. The fourth-order valence-electron chi connectivity index (χ4n) is 2.72. The lowest BCUT2D eigenvalue weighted by atomic mass is 10.2. The number of aryl methyl sites for hydroxylation is 1. The van der Waals surface area contributed by atoms with Gasteiger partial charge in [0.15, 0.2) is 23.3 Å². The number of ether oxygens (including phenoxy) is 3. The third kappa shape index (κ3) is 4.60. The lowest BCUT2D eigenvalue weighted by Gasteiger charge is -2.14. The number of carbonyl (C=O) groups is 2. The zero-order chi connectivity index (χ0) is 21.7. The maximum absolute atomic E-state index is 12.5. The molecule has 0 aliphatic heterocycles. The van der Waals surface area contributed by atoms with E-state index in [-0.39, 0.29) is 5.69 Å². The molecule has 1 heterocycles. The van der Waals surface area contributed by atoms with Crippen molar-refractivity contribution in [3.05, 3.63) is 60.0 Å². The molecule has 8 heteroatoms. The van der Waals surface area contributed by atoms with E-state index in [1.54, 1.807) is 25.1 Å². The van der Waals surface area contributed by atoms with E-state index in [1.807, 2.05) is 30.3 Å². The van der Waals surface area contributed by atoms with Crippen LogP contribution in [0, 0.1) is 6.92 Å². The summed E-state index contributed by atoms with van der Waals surface area (Å²) in [5.74, 6) is 0.375. The standard InChI is InChI=1S/C22H22N2O6/c1-13-19(24-21(29-13)15-8-6-5-7-9-15)22(26)30-14(2)20(25)23-16-10-11-17(27-3)18(12-16)28-4/h5-12,14H,1-4H3,(H,23,25)/t14-/m1/s1. The van der Waals surface area contributed by atoms with Crippen molar-refractivity contribution in [1.82, 2.24) is 4.98 Å². The average Bonchev–Trinajstić information content (AvgIpc) is 3.16. The molecule has 30 heavy (non-hydrogen) atoms. The minimum Gasteiger partial charge on any atom is -0.493 e. The molecule has 0 aliphatic carbocycles. The van der Waals surface area contributed by atoms with Gasteiger partial charge in [0, 0.05) is 17.3 Å². The molecule has 0 bridgehead atoms. The Hall–Kier alpha value is -3.81. The van der Waals surface area contributed by atoms with Crippen molar-refractivity contribution in [3.8, 4) is 23.0 Å². The van der Waals surface area contributed by atoms with Gasteiger partial charge >= 0.3 is 5.97 Å². The number of oxazole rings is 1. The number of rotatable bonds is 7. The second-order valence-corrected chi connectivity index (χ2v) is 6.40. The van der Waals surface area contributed by atoms with Crippen LogP contribution in [0.2, 0.25) is 0 Å². The van der Waals surface area contributed by atoms with Crippen molar-refractivity contribution < 1.29 is 28.2 Å². The van der Waals surface area contributed by atoms with Gasteiger partial charge in [-0.05, 0) is 38.1 Å². The van der Waals surface area contributed by atoms with Gasteiger partial charge in [0.2, 0.25) is 5.89 Å². The van der Waals surface area contributed by atoms with Crippen LogP contribution in [0.3, 0.4) is 0 Å². The summed E-state index contributed by atoms with van der Waals surface area (Å²) in [5.41, 5.74) is 1.24. The van der Waals surface area contributed by atoms with Crippen LogP contribution < -0.4 is 14.8 Å². The van der Waals surface area contributed by atoms with Crippen molar-refractivity contribution in [1.29, 1.82) is 0 Å². The molecule has 2 aromatic carbocycles. The van der Waals surface area contributed by atoms with Crippen LogP contribution in [0.1, 0.15) is 23.2 Å². The molecule has 0 saturated heterocycles. The predicted molar refractivity (Wildman–Crippen MR) is 110 cm³/mol. The zero-order valence-corrected chi connectivity index (χ0v) is 17.1. The van der Waals surface area contributed by atoms with Crippen molar-refractivity contribution in [3.63, 3.8) is 0 Å². The highest BCUT2D eigenvalue weighted by atomic mass is 16.5. The summed E-state index contributed by atoms with van der Waals surface area (Å²) in [6.45, 7) is 3.09. The number of benzene rings is 2. The van der Waals surface area contributed by atoms with E-state index in [4.69, 9.17) is 18.6 Å². The number of hydrogen-bond donors (Lipinski definition) is 1. The van der Waals surface area contributed by atoms with E-state index in [0.717, 1.165) is 5.56 Å². The lowest BCUT2D eigenvalue weighted by Crippen LogP contribution is -2.30. The first-order valence-corrected chi connectivity index (χ1v) is 9.19. The van der Waals surface area contributed by atoms with E-state index in [1.165, 1.54) is 21.1 Å². The normalized spacial score (nSPS) is 11.5. The van der Waals surface area contributed by atoms with Crippen molar-refractivity contribution >= 4 is 17.6 Å². The SMILES string of the molecule is COc1ccc(NC(=O)[C@@H](C)OC(=O)c2nc(-c3ccccc3)oc2C)cc1OC. The smallest absolute Gasteiger partial charge is 0.361 e. The van der Waals surface area contributed by atoms with E-state index in [9.17, 15) is 9.59 Å². The Morgan fingerprint density at radius 2 is 1.73 bits per heavy atom. The fraction of sp³-hybridized carbons (Fsp3) is 0.227. The van der Waals surface area contributed by atoms with Gasteiger partial charge in [0.05, 0.1) is 14.2 Å². The van der Waals surface area contributed by atoms with Crippen LogP contribution in [0.5, 0.6) is 11.5 Å². The number of nitrogens with one attached hydrogen (secondary N) is 1. The second kappa shape index (κ2) is 9.13. The molecule has 1 N–H and O–H groups in total. The monoisotopic (exact) mass is 410 g/mol. The van der Waals surface area contributed by atoms with Crippen LogP contribution in [0.15, 0.2) is 52.9 Å². The third-order valence-electron chi connectivity index (χ3n) is 4.31. The number of aromatic nitrogens is 1. The molecule has 0 aliphatic rings. The fourth-order valence-corrected chi connectivity index (χ4v) is 2.72. The minimum atomic E-state index is -1.05. The van der Waals surface area contributed by atoms with Gasteiger partial charge < -0.3 is 23.9 Å². The van der Waals surface area contributed by atoms with Crippen LogP contribution in [-0.4, -0.2) is 37.2 Å². The number of hydrogen-bond acceptors (Lipinski definition) is 7. The van der Waals surface area contributed by atoms with E-state index >= 15 is 0 Å². The van der Waals surface area contributed by atoms with Crippen LogP contribution in [0.25, 0.3) is 11.5 Å². The van der Waals surface area contributed by atoms with E-state index in [2.05, 4.69) is 10.3 Å². The molecule has 156 valence electrons. The molecule has 0 radical (unpaired) electrons. The van der Waals surface area contributed by atoms with Crippen LogP contribution in [-0.2, 0) is 9.53 Å². The molecule has 1 amide bonds. The molecule has 3 rings (SSSR count). The van der Waals surface area contributed by atoms with Gasteiger partial charge in [0.25, 0.3) is 5.91 Å². The van der Waals surface area contributed by atoms with Crippen molar-refractivity contribution in [2.45, 2.75) is 20.0 Å². The van der Waals surface area contributed by atoms with Gasteiger partial charge in [0.1, 0.15) is 5.76 Å². The highest BCUT2D eigenvalue weighted by Crippen LogP contribution is 2.30. The van der Waals surface area contributed by atoms with Gasteiger partial charge in [-0.3, -0.25) is 4.79 Å². The summed E-state index contributed by atoms with van der Waals surface area (Å²) in [6, 6.07) is 14.1. The molecular weight excluding hydrogens is 388 g/mol. The quantitative estimate of drug-likeness (QED) is 0.591. The van der Waals surface area contributed by atoms with Gasteiger partial charge in [-0.15, -0.1) is 0 Å². The highest BCUT2D eigenvalue weighted by molar-refractivity contribution is 5.97. The molecule has 1 atom stereocenters. The molecule has 8 nitrogen and oxygen atoms in total. The number of carbonyl (C=O) groups excluding carboxylic acids is 2. The number of nitrogens with zero attached hydrogens (tertiary/aromatic N) is 1. The zero-order valence-electron chi connectivity index (χ0n) is 17.1. The molecule has 1 aromatic heterocycles. The minimum absolute atomic E-state index is 0.0274. The second-order valence-electron chi connectivity index (χ2n) is 6.40. The van der Waals surface area contributed by atoms with Gasteiger partial charge in [-0.25, -0.2) is 9.78 Å². The number of amides is 1. The van der Waals surface area contributed by atoms with Crippen LogP contribution >= 0.6 is 0 Å². The molecule has 0 fully saturated rings. The van der Waals surface area contributed by atoms with Gasteiger partial charge in [-0.2, -0.15) is 0 Å². The largest absolute Gasteiger partial charge is 0.493 e. The Balaban J connectivity index is 1.67. The molecule has 3 aromatic rings. The molecule has 0 unspecified atom stereocenters. The summed E-state index contributed by atoms with van der Waals surface area (Å²) in [6.07, 6.45) is -1.05. The number of esters is 1. The topological polar surface area (TPSA) is 99.9 Å². The first-order chi connectivity index (χ1) is 14.4.